The van der Waals surface area contributed by atoms with Gasteiger partial charge in [0, 0.05) is 6.07 Å². The van der Waals surface area contributed by atoms with Gasteiger partial charge in [0.25, 0.3) is 12.1 Å². The smallest absolute Gasteiger partial charge is 0.412 e. The van der Waals surface area contributed by atoms with Crippen molar-refractivity contribution in [1.29, 1.82) is 0 Å². The van der Waals surface area contributed by atoms with Gasteiger partial charge in [0.15, 0.2) is 36.2 Å². The molecule has 2 aliphatic heterocycles. The number of imidazole rings is 1. The molecule has 2 saturated heterocycles. The molecule has 2 unspecified atom stereocenters. The molecule has 5 rings (SSSR count). The third kappa shape index (κ3) is 9.74. The van der Waals surface area contributed by atoms with Gasteiger partial charge in [0.05, 0.1) is 19.5 Å². The van der Waals surface area contributed by atoms with E-state index < -0.39 is 91.7 Å². The topological polar surface area (TPSA) is 396 Å². The van der Waals surface area contributed by atoms with Gasteiger partial charge >= 0.3 is 53.0 Å². The van der Waals surface area contributed by atoms with Crippen LogP contribution in [-0.2, 0) is 41.1 Å². The number of aliphatic hydroxyl groups is 3. The number of amides is 1. The number of anilines is 1. The van der Waals surface area contributed by atoms with Gasteiger partial charge in [0.2, 0.25) is 0 Å². The van der Waals surface area contributed by atoms with Gasteiger partial charge in [-0.15, -0.1) is 0 Å². The van der Waals surface area contributed by atoms with Crippen LogP contribution in [0.3, 0.4) is 0 Å². The molecular weight excluding hydrogens is 754 g/mol. The number of nitrogen functional groups attached to an aromatic ring is 1. The number of pyridine rings is 1. The standard InChI is InChI=1S/C21H28N7O17P3.Na.H2O/c22-17-12-19(25-7-24-17)28(8-26-12)21-16(44-46(33,34)35)14(30)11(43-21)6-41-48(38,39)45-47(36,37)40-5-10-13(29)15(31)20(42-10)27-3-1-2-9(4-27)18(23)32;;/h1-4,7-8,10-11,13-16,20-21,29-31H,5-6H2,(H7-,22,23,24,25,32,33,34,35,36,37,38,39);;1H2/q;+1;/p+1/t10-,11-,13-,14-,15-,16-,20-,21-;;/m1../s1. The number of fused-ring (bicyclic) bond motifs is 1. The van der Waals surface area contributed by atoms with Gasteiger partial charge in [-0.1, -0.05) is 0 Å². The van der Waals surface area contributed by atoms with Crippen molar-refractivity contribution in [1.82, 2.24) is 19.5 Å². The summed E-state index contributed by atoms with van der Waals surface area (Å²) in [6.45, 7) is -2.03. The first-order valence-corrected chi connectivity index (χ1v) is 17.9. The molecule has 50 heavy (non-hydrogen) atoms. The number of aliphatic hydroxyl groups excluding tert-OH is 3. The van der Waals surface area contributed by atoms with Crippen molar-refractivity contribution in [3.63, 3.8) is 0 Å². The number of phosphoric ester groups is 3. The van der Waals surface area contributed by atoms with Crippen LogP contribution in [0.15, 0.2) is 37.2 Å². The van der Waals surface area contributed by atoms with Crippen molar-refractivity contribution in [3.05, 3.63) is 42.7 Å². The number of nitrogens with zero attached hydrogens (tertiary/aromatic N) is 5. The van der Waals surface area contributed by atoms with Crippen LogP contribution in [0.25, 0.3) is 11.2 Å². The molecule has 13 N–H and O–H groups in total. The molecule has 0 aromatic carbocycles. The maximum Gasteiger partial charge on any atom is 1.00 e. The second-order valence-corrected chi connectivity index (χ2v) is 14.5. The zero-order valence-corrected chi connectivity index (χ0v) is 30.1. The summed E-state index contributed by atoms with van der Waals surface area (Å²) in [4.78, 5) is 62.2. The molecule has 3 aromatic rings. The maximum atomic E-state index is 12.6. The molecular formula is C21H31N7NaO18P3+2. The summed E-state index contributed by atoms with van der Waals surface area (Å²) in [5.41, 5.74) is 11.1. The van der Waals surface area contributed by atoms with Crippen molar-refractivity contribution in [3.8, 4) is 0 Å². The quantitative estimate of drug-likeness (QED) is 0.0442. The molecule has 0 bridgehead atoms. The minimum Gasteiger partial charge on any atom is -0.412 e. The molecule has 25 nitrogen and oxygen atoms in total. The third-order valence-electron chi connectivity index (χ3n) is 6.98. The van der Waals surface area contributed by atoms with Crippen LogP contribution in [-0.4, -0.2) is 116 Å². The van der Waals surface area contributed by atoms with Crippen LogP contribution in [0.5, 0.6) is 0 Å². The van der Waals surface area contributed by atoms with E-state index in [-0.39, 0.29) is 57.6 Å². The van der Waals surface area contributed by atoms with E-state index in [4.69, 9.17) is 30.0 Å². The van der Waals surface area contributed by atoms with Crippen LogP contribution in [0.1, 0.15) is 22.8 Å². The molecule has 0 spiro atoms. The zero-order chi connectivity index (χ0) is 35.2. The number of carbonyl (C=O) groups is 1. The summed E-state index contributed by atoms with van der Waals surface area (Å²) in [5.74, 6) is -0.848. The summed E-state index contributed by atoms with van der Waals surface area (Å²) < 4.78 is 68.4. The molecule has 272 valence electrons. The van der Waals surface area contributed by atoms with E-state index in [1.165, 1.54) is 29.1 Å². The minimum atomic E-state index is -5.52. The van der Waals surface area contributed by atoms with Gasteiger partial charge < -0.3 is 61.3 Å². The Bertz CT molecular complexity index is 1820. The van der Waals surface area contributed by atoms with Gasteiger partial charge in [0.1, 0.15) is 47.9 Å². The summed E-state index contributed by atoms with van der Waals surface area (Å²) >= 11 is 0. The second kappa shape index (κ2) is 16.4. The van der Waals surface area contributed by atoms with Gasteiger partial charge in [-0.25, -0.2) is 28.6 Å². The number of hydrogen-bond donors (Lipinski definition) is 9. The van der Waals surface area contributed by atoms with Crippen molar-refractivity contribution in [2.75, 3.05) is 18.9 Å². The van der Waals surface area contributed by atoms with E-state index in [9.17, 15) is 53.4 Å². The van der Waals surface area contributed by atoms with Crippen molar-refractivity contribution >= 4 is 46.4 Å². The Hall–Kier alpha value is -1.90. The Morgan fingerprint density at radius 2 is 1.58 bits per heavy atom. The molecule has 5 heterocycles. The van der Waals surface area contributed by atoms with Gasteiger partial charge in [-0.05, 0) is 6.07 Å². The van der Waals surface area contributed by atoms with E-state index in [0.29, 0.717) is 0 Å². The van der Waals surface area contributed by atoms with E-state index >= 15 is 0 Å². The Morgan fingerprint density at radius 3 is 2.18 bits per heavy atom. The number of carbonyl (C=O) groups excluding carboxylic acids is 1. The average Bonchev–Trinajstić information content (AvgIpc) is 3.64. The number of primary amides is 1. The third-order valence-corrected chi connectivity index (χ3v) is 10.1. The van der Waals surface area contributed by atoms with Crippen LogP contribution in [0.2, 0.25) is 0 Å². The van der Waals surface area contributed by atoms with Crippen LogP contribution in [0.4, 0.5) is 5.82 Å². The molecule has 0 saturated carbocycles. The van der Waals surface area contributed by atoms with E-state index in [2.05, 4.69) is 23.8 Å². The predicted molar refractivity (Wildman–Crippen MR) is 154 cm³/mol. The van der Waals surface area contributed by atoms with Crippen LogP contribution >= 0.6 is 23.5 Å². The second-order valence-electron chi connectivity index (χ2n) is 10.3. The molecule has 3 aromatic heterocycles. The first kappa shape index (κ1) is 42.5. The first-order chi connectivity index (χ1) is 22.4. The molecule has 1 amide bonds. The largest absolute Gasteiger partial charge is 1.00 e. The Kier molecular flexibility index (Phi) is 14.0. The summed E-state index contributed by atoms with van der Waals surface area (Å²) in [6, 6.07) is 2.79. The number of ether oxygens (including phenoxy) is 2. The fourth-order valence-electron chi connectivity index (χ4n) is 4.83. The van der Waals surface area contributed by atoms with E-state index in [1.54, 1.807) is 0 Å². The first-order valence-electron chi connectivity index (χ1n) is 13.3. The molecule has 2 aliphatic rings. The summed E-state index contributed by atoms with van der Waals surface area (Å²) in [5, 5.41) is 31.5. The number of aromatic nitrogens is 5. The molecule has 10 atom stereocenters. The number of rotatable bonds is 13. The number of hydrogen-bond acceptors (Lipinski definition) is 17. The normalized spacial score (nSPS) is 29.1. The molecule has 29 heteroatoms. The fourth-order valence-corrected chi connectivity index (χ4v) is 7.47. The average molecular weight is 785 g/mol. The van der Waals surface area contributed by atoms with Crippen molar-refractivity contribution in [2.24, 2.45) is 5.73 Å². The van der Waals surface area contributed by atoms with Gasteiger partial charge in [-0.2, -0.15) is 8.88 Å². The number of phosphoric acid groups is 3. The zero-order valence-electron chi connectivity index (χ0n) is 25.4. The van der Waals surface area contributed by atoms with Crippen LogP contribution in [0, 0.1) is 0 Å². The van der Waals surface area contributed by atoms with Crippen LogP contribution < -0.4 is 45.6 Å². The summed E-state index contributed by atoms with van der Waals surface area (Å²) in [7, 11) is -16.3. The fraction of sp³-hybridized carbons (Fsp3) is 0.476. The molecule has 2 fully saturated rings. The SMILES string of the molecule is NC(=O)c1ccc[n+]([C@@H]2O[C@H](COP(=O)(O)OP(=O)(O)OC[C@H]3O[C@@H](n4cnc5c(N)ncnc54)[C@H](OP(=O)(O)O)[C@@H]3O)[C@@H](O)[C@H]2O)c1.O.[Na+]. The van der Waals surface area contributed by atoms with E-state index in [0.717, 1.165) is 17.2 Å². The van der Waals surface area contributed by atoms with Crippen molar-refractivity contribution < 1.29 is 120 Å². The number of nitrogens with two attached hydrogens (primary N) is 2. The van der Waals surface area contributed by atoms with Crippen molar-refractivity contribution in [2.45, 2.75) is 49.1 Å². The van der Waals surface area contributed by atoms with E-state index in [1.807, 2.05) is 0 Å². The Balaban J connectivity index is 0.00000338. The molecule has 0 radical (unpaired) electrons. The molecule has 0 aliphatic carbocycles. The Labute approximate surface area is 301 Å². The minimum absolute atomic E-state index is 0. The predicted octanol–water partition coefficient (Wildman–Crippen LogP) is -6.72. The van der Waals surface area contributed by atoms with Gasteiger partial charge in [-0.3, -0.25) is 22.9 Å². The summed E-state index contributed by atoms with van der Waals surface area (Å²) in [6.07, 6.45) is -8.39. The maximum absolute atomic E-state index is 12.6. The monoisotopic (exact) mass is 785 g/mol. The Morgan fingerprint density at radius 1 is 0.960 bits per heavy atom.